The molecular weight excluding hydrogens is 622 g/mol. The van der Waals surface area contributed by atoms with Gasteiger partial charge in [-0.1, -0.05) is 67.1 Å². The molecule has 1 N–H and O–H groups in total. The van der Waals surface area contributed by atoms with Crippen LogP contribution in [0, 0.1) is 13.8 Å². The van der Waals surface area contributed by atoms with Crippen molar-refractivity contribution in [3.63, 3.8) is 0 Å². The highest BCUT2D eigenvalue weighted by Gasteiger charge is 2.34. The van der Waals surface area contributed by atoms with Crippen LogP contribution in [0.3, 0.4) is 0 Å². The Morgan fingerprint density at radius 1 is 0.870 bits per heavy atom. The molecule has 0 aromatic heterocycles. The van der Waals surface area contributed by atoms with Gasteiger partial charge in [-0.3, -0.25) is 13.9 Å². The number of nitrogens with one attached hydrogen (secondary N) is 1. The van der Waals surface area contributed by atoms with Gasteiger partial charge in [0.15, 0.2) is 0 Å². The maximum absolute atomic E-state index is 14.6. The number of amides is 2. The number of methoxy groups -OCH3 is 1. The molecule has 0 heterocycles. The Morgan fingerprint density at radius 2 is 1.57 bits per heavy atom. The smallest absolute Gasteiger partial charge is 0.264 e. The summed E-state index contributed by atoms with van der Waals surface area (Å²) < 4.78 is 34.9. The lowest BCUT2D eigenvalue weighted by molar-refractivity contribution is -0.140. The normalized spacial score (nSPS) is 11.8. The van der Waals surface area contributed by atoms with Crippen LogP contribution in [-0.2, 0) is 32.6 Å². The maximum Gasteiger partial charge on any atom is 0.264 e. The number of hydrogen-bond donors (Lipinski definition) is 1. The first-order chi connectivity index (χ1) is 22.0. The summed E-state index contributed by atoms with van der Waals surface area (Å²) in [5.74, 6) is -0.256. The Balaban J connectivity index is 1.82. The van der Waals surface area contributed by atoms with E-state index in [2.05, 4.69) is 5.32 Å². The minimum atomic E-state index is -4.22. The number of anilines is 1. The van der Waals surface area contributed by atoms with Crippen molar-refractivity contribution >= 4 is 39.1 Å². The molecule has 4 aromatic rings. The molecule has 0 radical (unpaired) electrons. The van der Waals surface area contributed by atoms with Crippen molar-refractivity contribution in [2.75, 3.05) is 24.5 Å². The number of aryl methyl sites for hydroxylation is 2. The fraction of sp³-hybridized carbons (Fsp3) is 0.278. The summed E-state index contributed by atoms with van der Waals surface area (Å²) in [6.45, 7) is 5.72. The van der Waals surface area contributed by atoms with Gasteiger partial charge in [-0.25, -0.2) is 8.42 Å². The molecule has 10 heteroatoms. The van der Waals surface area contributed by atoms with Crippen LogP contribution in [0.2, 0.25) is 5.02 Å². The molecule has 1 unspecified atom stereocenters. The molecule has 4 aromatic carbocycles. The van der Waals surface area contributed by atoms with E-state index in [4.69, 9.17) is 16.3 Å². The number of sulfonamides is 1. The van der Waals surface area contributed by atoms with Gasteiger partial charge >= 0.3 is 0 Å². The Kier molecular flexibility index (Phi) is 11.8. The van der Waals surface area contributed by atoms with Gasteiger partial charge in [0.2, 0.25) is 11.8 Å². The summed E-state index contributed by atoms with van der Waals surface area (Å²) in [6.07, 6.45) is 0.952. The van der Waals surface area contributed by atoms with Crippen molar-refractivity contribution in [1.82, 2.24) is 10.2 Å². The van der Waals surface area contributed by atoms with Gasteiger partial charge in [0.1, 0.15) is 18.3 Å². The number of ether oxygens (including phenoxy) is 1. The van der Waals surface area contributed by atoms with E-state index in [-0.39, 0.29) is 23.8 Å². The van der Waals surface area contributed by atoms with Crippen molar-refractivity contribution in [2.24, 2.45) is 0 Å². The molecule has 0 aliphatic carbocycles. The fourth-order valence-corrected chi connectivity index (χ4v) is 6.56. The molecule has 8 nitrogen and oxygen atoms in total. The zero-order valence-electron chi connectivity index (χ0n) is 26.6. The van der Waals surface area contributed by atoms with E-state index >= 15 is 0 Å². The lowest BCUT2D eigenvalue weighted by Gasteiger charge is -2.34. The zero-order chi connectivity index (χ0) is 33.3. The van der Waals surface area contributed by atoms with Crippen molar-refractivity contribution in [1.29, 1.82) is 0 Å². The monoisotopic (exact) mass is 661 g/mol. The summed E-state index contributed by atoms with van der Waals surface area (Å²) in [7, 11) is -2.67. The summed E-state index contributed by atoms with van der Waals surface area (Å²) in [6, 6.07) is 26.9. The molecule has 46 heavy (non-hydrogen) atoms. The molecule has 0 spiro atoms. The van der Waals surface area contributed by atoms with E-state index in [1.807, 2.05) is 69.3 Å². The molecule has 0 fully saturated rings. The van der Waals surface area contributed by atoms with Crippen molar-refractivity contribution < 1.29 is 22.7 Å². The highest BCUT2D eigenvalue weighted by atomic mass is 35.5. The number of carbonyl (C=O) groups excluding carboxylic acids is 2. The van der Waals surface area contributed by atoms with Gasteiger partial charge in [-0.05, 0) is 91.1 Å². The molecule has 4 rings (SSSR count). The topological polar surface area (TPSA) is 96.0 Å². The van der Waals surface area contributed by atoms with Crippen LogP contribution in [0.15, 0.2) is 102 Å². The van der Waals surface area contributed by atoms with Crippen LogP contribution in [0.4, 0.5) is 5.69 Å². The van der Waals surface area contributed by atoms with Crippen LogP contribution in [-0.4, -0.2) is 51.4 Å². The number of hydrogen-bond acceptors (Lipinski definition) is 5. The summed E-state index contributed by atoms with van der Waals surface area (Å²) in [4.78, 5) is 29.8. The van der Waals surface area contributed by atoms with Crippen LogP contribution in [0.1, 0.15) is 35.6 Å². The van der Waals surface area contributed by atoms with Crippen molar-refractivity contribution in [3.05, 3.63) is 124 Å². The summed E-state index contributed by atoms with van der Waals surface area (Å²) in [5, 5.41) is 3.34. The summed E-state index contributed by atoms with van der Waals surface area (Å²) in [5.41, 5.74) is 3.78. The molecule has 0 saturated heterocycles. The molecule has 242 valence electrons. The predicted molar refractivity (Wildman–Crippen MR) is 183 cm³/mol. The number of carbonyl (C=O) groups is 2. The maximum atomic E-state index is 14.6. The fourth-order valence-electron chi connectivity index (χ4n) is 5.03. The van der Waals surface area contributed by atoms with Crippen LogP contribution in [0.25, 0.3) is 0 Å². The Bertz CT molecular complexity index is 1750. The molecule has 2 amide bonds. The van der Waals surface area contributed by atoms with Crippen molar-refractivity contribution in [3.8, 4) is 5.75 Å². The van der Waals surface area contributed by atoms with Crippen LogP contribution >= 0.6 is 11.6 Å². The first-order valence-corrected chi connectivity index (χ1v) is 16.9. The molecule has 0 saturated carbocycles. The standard InChI is InChI=1S/C36H40ClN3O5S/c1-5-20-38-36(42)34(23-28-10-7-6-8-11-28)39(24-29-12-9-13-32(22-29)45-4)35(41)25-40(31-17-14-26(2)27(3)21-31)46(43,44)33-18-15-30(37)16-19-33/h6-19,21-22,34H,5,20,23-25H2,1-4H3,(H,38,42). The van der Waals surface area contributed by atoms with E-state index in [0.29, 0.717) is 29.4 Å². The number of halogens is 1. The van der Waals surface area contributed by atoms with E-state index in [1.54, 1.807) is 31.4 Å². The zero-order valence-corrected chi connectivity index (χ0v) is 28.1. The molecular formula is C36H40ClN3O5S. The lowest BCUT2D eigenvalue weighted by Crippen LogP contribution is -2.53. The second-order valence-electron chi connectivity index (χ2n) is 11.1. The second kappa shape index (κ2) is 15.8. The summed E-state index contributed by atoms with van der Waals surface area (Å²) >= 11 is 6.07. The van der Waals surface area contributed by atoms with Crippen LogP contribution < -0.4 is 14.4 Å². The Labute approximate surface area is 277 Å². The Hall–Kier alpha value is -4.34. The van der Waals surface area contributed by atoms with Gasteiger partial charge in [-0.2, -0.15) is 0 Å². The van der Waals surface area contributed by atoms with Gasteiger partial charge in [0, 0.05) is 24.5 Å². The van der Waals surface area contributed by atoms with Gasteiger partial charge < -0.3 is 15.0 Å². The third-order valence-electron chi connectivity index (χ3n) is 7.77. The van der Waals surface area contributed by atoms with E-state index in [1.165, 1.54) is 29.2 Å². The SMILES string of the molecule is CCCNC(=O)C(Cc1ccccc1)N(Cc1cccc(OC)c1)C(=O)CN(c1ccc(C)c(C)c1)S(=O)(=O)c1ccc(Cl)cc1. The van der Waals surface area contributed by atoms with Gasteiger partial charge in [-0.15, -0.1) is 0 Å². The number of benzene rings is 4. The average Bonchev–Trinajstić information content (AvgIpc) is 3.06. The van der Waals surface area contributed by atoms with E-state index < -0.39 is 28.5 Å². The average molecular weight is 662 g/mol. The Morgan fingerprint density at radius 3 is 2.22 bits per heavy atom. The van der Waals surface area contributed by atoms with E-state index in [0.717, 1.165) is 26.6 Å². The molecule has 0 bridgehead atoms. The third kappa shape index (κ3) is 8.68. The van der Waals surface area contributed by atoms with Crippen LogP contribution in [0.5, 0.6) is 5.75 Å². The first kappa shape index (κ1) is 34.5. The minimum Gasteiger partial charge on any atom is -0.497 e. The molecule has 0 aliphatic heterocycles. The largest absolute Gasteiger partial charge is 0.497 e. The van der Waals surface area contributed by atoms with E-state index in [9.17, 15) is 18.0 Å². The third-order valence-corrected chi connectivity index (χ3v) is 9.81. The molecule has 0 aliphatic rings. The van der Waals surface area contributed by atoms with Crippen molar-refractivity contribution in [2.45, 2.75) is 51.1 Å². The second-order valence-corrected chi connectivity index (χ2v) is 13.4. The predicted octanol–water partition coefficient (Wildman–Crippen LogP) is 6.33. The molecule has 1 atom stereocenters. The number of nitrogens with zero attached hydrogens (tertiary/aromatic N) is 2. The first-order valence-electron chi connectivity index (χ1n) is 15.1. The minimum absolute atomic E-state index is 0.0104. The number of rotatable bonds is 14. The van der Waals surface area contributed by atoms with Gasteiger partial charge in [0.05, 0.1) is 17.7 Å². The lowest BCUT2D eigenvalue weighted by atomic mass is 10.0. The highest BCUT2D eigenvalue weighted by Crippen LogP contribution is 2.28. The van der Waals surface area contributed by atoms with Gasteiger partial charge in [0.25, 0.3) is 10.0 Å². The quantitative estimate of drug-likeness (QED) is 0.171. The highest BCUT2D eigenvalue weighted by molar-refractivity contribution is 7.92.